The van der Waals surface area contributed by atoms with Crippen molar-refractivity contribution in [1.29, 1.82) is 0 Å². The van der Waals surface area contributed by atoms with Crippen molar-refractivity contribution in [1.82, 2.24) is 0 Å². The molecule has 4 atom stereocenters. The highest BCUT2D eigenvalue weighted by atomic mass is 19.1. The molecule has 0 aliphatic heterocycles. The number of halogens is 1. The van der Waals surface area contributed by atoms with Gasteiger partial charge in [-0.15, -0.1) is 0 Å². The van der Waals surface area contributed by atoms with Gasteiger partial charge >= 0.3 is 0 Å². The molecule has 4 unspecified atom stereocenters. The van der Waals surface area contributed by atoms with Gasteiger partial charge in [0.15, 0.2) is 0 Å². The van der Waals surface area contributed by atoms with Crippen LogP contribution in [0.2, 0.25) is 0 Å². The number of aliphatic hydroxyl groups is 1. The number of hydrogen-bond acceptors (Lipinski definition) is 4. The molecule has 0 aromatic heterocycles. The maximum absolute atomic E-state index is 14.4. The fraction of sp³-hybridized carbons (Fsp3) is 0.323. The molecule has 0 radical (unpaired) electrons. The van der Waals surface area contributed by atoms with Crippen LogP contribution < -0.4 is 10.6 Å². The van der Waals surface area contributed by atoms with Gasteiger partial charge in [0.1, 0.15) is 17.5 Å². The highest BCUT2D eigenvalue weighted by Crippen LogP contribution is 2.47. The Morgan fingerprint density at radius 1 is 0.895 bits per heavy atom. The zero-order chi connectivity index (χ0) is 27.4. The van der Waals surface area contributed by atoms with Crippen molar-refractivity contribution in [2.45, 2.75) is 51.6 Å². The Labute approximate surface area is 222 Å². The Morgan fingerprint density at radius 2 is 1.45 bits per heavy atom. The van der Waals surface area contributed by atoms with Crippen LogP contribution in [0.25, 0.3) is 0 Å². The molecule has 6 nitrogen and oxygen atoms in total. The SMILES string of the molecule is CCc1ccccc1NC(=O)C1C(=O)CC(C)(O)C(C(=O)Nc2ccccc2CC)C1c1cccc(F)c1. The van der Waals surface area contributed by atoms with Crippen molar-refractivity contribution in [3.63, 3.8) is 0 Å². The second kappa shape index (κ2) is 11.3. The summed E-state index contributed by atoms with van der Waals surface area (Å²) in [5.41, 5.74) is 1.48. The van der Waals surface area contributed by atoms with Crippen LogP contribution in [0.15, 0.2) is 72.8 Å². The molecule has 4 rings (SSSR count). The van der Waals surface area contributed by atoms with Gasteiger partial charge in [-0.05, 0) is 60.7 Å². The smallest absolute Gasteiger partial charge is 0.235 e. The van der Waals surface area contributed by atoms with Crippen molar-refractivity contribution in [3.05, 3.63) is 95.3 Å². The summed E-state index contributed by atoms with van der Waals surface area (Å²) in [6, 6.07) is 20.1. The number of nitrogens with one attached hydrogen (secondary N) is 2. The van der Waals surface area contributed by atoms with E-state index in [-0.39, 0.29) is 6.42 Å². The number of aryl methyl sites for hydroxylation is 2. The van der Waals surface area contributed by atoms with E-state index in [0.717, 1.165) is 11.1 Å². The minimum absolute atomic E-state index is 0.297. The van der Waals surface area contributed by atoms with Crippen LogP contribution in [-0.2, 0) is 27.2 Å². The Balaban J connectivity index is 1.79. The number of ketones is 1. The normalized spacial score (nSPS) is 23.1. The molecule has 3 aromatic carbocycles. The minimum Gasteiger partial charge on any atom is -0.389 e. The number of anilines is 2. The third-order valence-corrected chi connectivity index (χ3v) is 7.38. The molecule has 38 heavy (non-hydrogen) atoms. The summed E-state index contributed by atoms with van der Waals surface area (Å²) >= 11 is 0. The van der Waals surface area contributed by atoms with E-state index in [9.17, 15) is 23.9 Å². The molecule has 7 heteroatoms. The Bertz CT molecular complexity index is 1350. The van der Waals surface area contributed by atoms with Crippen LogP contribution in [0, 0.1) is 17.7 Å². The molecule has 1 saturated carbocycles. The number of hydrogen-bond donors (Lipinski definition) is 3. The Hall–Kier alpha value is -3.84. The number of rotatable bonds is 7. The van der Waals surface area contributed by atoms with Gasteiger partial charge in [0, 0.05) is 23.7 Å². The second-order valence-electron chi connectivity index (χ2n) is 10.0. The van der Waals surface area contributed by atoms with Crippen LogP contribution in [0.1, 0.15) is 49.8 Å². The largest absolute Gasteiger partial charge is 0.389 e. The van der Waals surface area contributed by atoms with E-state index >= 15 is 0 Å². The molecule has 198 valence electrons. The Morgan fingerprint density at radius 3 is 2.00 bits per heavy atom. The van der Waals surface area contributed by atoms with Crippen LogP contribution in [0.3, 0.4) is 0 Å². The number of para-hydroxylation sites is 2. The Kier molecular flexibility index (Phi) is 8.07. The number of Topliss-reactive ketones (excluding diaryl/α,β-unsaturated/α-hetero) is 1. The quantitative estimate of drug-likeness (QED) is 0.373. The molecule has 0 saturated heterocycles. The van der Waals surface area contributed by atoms with E-state index in [4.69, 9.17) is 0 Å². The summed E-state index contributed by atoms with van der Waals surface area (Å²) < 4.78 is 14.4. The van der Waals surface area contributed by atoms with Gasteiger partial charge in [0.05, 0.1) is 11.5 Å². The molecule has 1 fully saturated rings. The lowest BCUT2D eigenvalue weighted by atomic mass is 9.61. The number of carbonyl (C=O) groups excluding carboxylic acids is 3. The first-order valence-corrected chi connectivity index (χ1v) is 12.9. The second-order valence-corrected chi connectivity index (χ2v) is 10.0. The summed E-state index contributed by atoms with van der Waals surface area (Å²) in [5.74, 6) is -5.80. The zero-order valence-corrected chi connectivity index (χ0v) is 21.8. The molecule has 2 amide bonds. The topological polar surface area (TPSA) is 95.5 Å². The highest BCUT2D eigenvalue weighted by molar-refractivity contribution is 6.10. The van der Waals surface area contributed by atoms with E-state index in [2.05, 4.69) is 10.6 Å². The third kappa shape index (κ3) is 5.53. The zero-order valence-electron chi connectivity index (χ0n) is 21.8. The van der Waals surface area contributed by atoms with E-state index < -0.39 is 46.8 Å². The first-order valence-electron chi connectivity index (χ1n) is 12.9. The fourth-order valence-electron chi connectivity index (χ4n) is 5.53. The highest BCUT2D eigenvalue weighted by Gasteiger charge is 2.56. The molecule has 0 heterocycles. The molecule has 1 aliphatic carbocycles. The maximum Gasteiger partial charge on any atom is 0.235 e. The van der Waals surface area contributed by atoms with Gasteiger partial charge < -0.3 is 15.7 Å². The van der Waals surface area contributed by atoms with Crippen molar-refractivity contribution >= 4 is 29.0 Å². The number of amides is 2. The van der Waals surface area contributed by atoms with Crippen LogP contribution in [0.4, 0.5) is 15.8 Å². The van der Waals surface area contributed by atoms with E-state index in [0.29, 0.717) is 29.8 Å². The van der Waals surface area contributed by atoms with Gasteiger partial charge in [0.2, 0.25) is 11.8 Å². The lowest BCUT2D eigenvalue weighted by Gasteiger charge is -2.44. The van der Waals surface area contributed by atoms with Gasteiger partial charge in [-0.2, -0.15) is 0 Å². The summed E-state index contributed by atoms with van der Waals surface area (Å²) in [5, 5.41) is 17.2. The van der Waals surface area contributed by atoms with E-state index in [1.165, 1.54) is 25.1 Å². The van der Waals surface area contributed by atoms with Crippen molar-refractivity contribution in [2.24, 2.45) is 11.8 Å². The van der Waals surface area contributed by atoms with E-state index in [1.807, 2.05) is 38.1 Å². The predicted molar refractivity (Wildman–Crippen MR) is 145 cm³/mol. The van der Waals surface area contributed by atoms with Crippen molar-refractivity contribution in [3.8, 4) is 0 Å². The van der Waals surface area contributed by atoms with E-state index in [1.54, 1.807) is 30.3 Å². The maximum atomic E-state index is 14.4. The van der Waals surface area contributed by atoms with Crippen LogP contribution >= 0.6 is 0 Å². The number of carbonyl (C=O) groups is 3. The molecule has 0 bridgehead atoms. The average Bonchev–Trinajstić information content (AvgIpc) is 2.88. The fourth-order valence-corrected chi connectivity index (χ4v) is 5.53. The van der Waals surface area contributed by atoms with Crippen LogP contribution in [0.5, 0.6) is 0 Å². The molecule has 3 N–H and O–H groups in total. The first-order chi connectivity index (χ1) is 18.2. The standard InChI is InChI=1S/C31H33FN2O4/c1-4-19-11-6-8-15-23(19)33-29(36)27-25(35)18-31(3,38)28(26(27)21-13-10-14-22(32)17-21)30(37)34-24-16-9-7-12-20(24)5-2/h6-17,26-28,38H,4-5,18H2,1-3H3,(H,33,36)(H,34,37). The molecule has 1 aliphatic rings. The first kappa shape index (κ1) is 27.2. The monoisotopic (exact) mass is 516 g/mol. The summed E-state index contributed by atoms with van der Waals surface area (Å²) in [4.78, 5) is 41.0. The lowest BCUT2D eigenvalue weighted by Crippen LogP contribution is -2.56. The summed E-state index contributed by atoms with van der Waals surface area (Å²) in [7, 11) is 0. The third-order valence-electron chi connectivity index (χ3n) is 7.38. The van der Waals surface area contributed by atoms with Crippen molar-refractivity contribution in [2.75, 3.05) is 10.6 Å². The van der Waals surface area contributed by atoms with Gasteiger partial charge in [-0.1, -0.05) is 62.4 Å². The molecular formula is C31H33FN2O4. The van der Waals surface area contributed by atoms with Gasteiger partial charge in [-0.3, -0.25) is 14.4 Å². The van der Waals surface area contributed by atoms with Gasteiger partial charge in [-0.25, -0.2) is 4.39 Å². The predicted octanol–water partition coefficient (Wildman–Crippen LogP) is 5.27. The molecule has 0 spiro atoms. The van der Waals surface area contributed by atoms with Gasteiger partial charge in [0.25, 0.3) is 0 Å². The minimum atomic E-state index is -1.77. The summed E-state index contributed by atoms with van der Waals surface area (Å²) in [6.07, 6.45) is 0.948. The van der Waals surface area contributed by atoms with Crippen LogP contribution in [-0.4, -0.2) is 28.3 Å². The number of benzene rings is 3. The lowest BCUT2D eigenvalue weighted by molar-refractivity contribution is -0.150. The van der Waals surface area contributed by atoms with Crippen molar-refractivity contribution < 1.29 is 23.9 Å². The molecular weight excluding hydrogens is 483 g/mol. The average molecular weight is 517 g/mol. The summed E-state index contributed by atoms with van der Waals surface area (Å²) in [6.45, 7) is 5.34. The molecule has 3 aromatic rings.